The second kappa shape index (κ2) is 5.59. The van der Waals surface area contributed by atoms with E-state index in [0.29, 0.717) is 11.6 Å². The molecule has 0 bridgehead atoms. The number of aromatic nitrogens is 1. The summed E-state index contributed by atoms with van der Waals surface area (Å²) >= 11 is 0. The van der Waals surface area contributed by atoms with Gasteiger partial charge in [-0.2, -0.15) is 0 Å². The molecule has 0 radical (unpaired) electrons. The molecular formula is C15H22N2O2. The molecule has 1 saturated carbocycles. The number of anilines is 1. The predicted octanol–water partition coefficient (Wildman–Crippen LogP) is 3.39. The van der Waals surface area contributed by atoms with Crippen molar-refractivity contribution in [1.29, 1.82) is 0 Å². The molecule has 1 heterocycles. The van der Waals surface area contributed by atoms with E-state index >= 15 is 0 Å². The Morgan fingerprint density at radius 1 is 1.37 bits per heavy atom. The third-order valence-electron chi connectivity index (χ3n) is 3.10. The summed E-state index contributed by atoms with van der Waals surface area (Å²) < 4.78 is 5.35. The van der Waals surface area contributed by atoms with E-state index < -0.39 is 5.60 Å². The molecule has 1 aliphatic carbocycles. The number of carbonyl (C=O) groups excluding carboxylic acids is 1. The highest BCUT2D eigenvalue weighted by molar-refractivity contribution is 5.90. The molecule has 2 rings (SSSR count). The number of ether oxygens (including phenoxy) is 1. The van der Waals surface area contributed by atoms with E-state index in [2.05, 4.69) is 10.3 Å². The van der Waals surface area contributed by atoms with Gasteiger partial charge in [0.1, 0.15) is 11.4 Å². The number of hydrogen-bond donors (Lipinski definition) is 1. The molecule has 0 atom stereocenters. The highest BCUT2D eigenvalue weighted by Crippen LogP contribution is 2.22. The van der Waals surface area contributed by atoms with Gasteiger partial charge in [0, 0.05) is 12.2 Å². The number of rotatable bonds is 3. The van der Waals surface area contributed by atoms with Crippen LogP contribution in [0.2, 0.25) is 0 Å². The molecule has 4 heteroatoms. The summed E-state index contributed by atoms with van der Waals surface area (Å²) in [7, 11) is 0. The average molecular weight is 262 g/mol. The highest BCUT2D eigenvalue weighted by atomic mass is 16.6. The molecule has 4 nitrogen and oxygen atoms in total. The van der Waals surface area contributed by atoms with Crippen molar-refractivity contribution in [3.8, 4) is 0 Å². The summed E-state index contributed by atoms with van der Waals surface area (Å²) in [5.74, 6) is 0.458. The molecule has 19 heavy (non-hydrogen) atoms. The lowest BCUT2D eigenvalue weighted by Crippen LogP contribution is -2.24. The molecule has 104 valence electrons. The van der Waals surface area contributed by atoms with Crippen molar-refractivity contribution < 1.29 is 9.53 Å². The lowest BCUT2D eigenvalue weighted by atomic mass is 10.2. The molecule has 1 aliphatic rings. The Hall–Kier alpha value is -1.58. The number of pyridine rings is 1. The molecule has 0 aliphatic heterocycles. The zero-order chi connectivity index (χ0) is 13.9. The van der Waals surface area contributed by atoms with Gasteiger partial charge in [0.25, 0.3) is 0 Å². The Morgan fingerprint density at radius 3 is 2.68 bits per heavy atom. The second-order valence-electron chi connectivity index (χ2n) is 6.06. The van der Waals surface area contributed by atoms with Gasteiger partial charge in [-0.05, 0) is 45.7 Å². The van der Waals surface area contributed by atoms with E-state index in [9.17, 15) is 4.79 Å². The summed E-state index contributed by atoms with van der Waals surface area (Å²) in [6.07, 6.45) is 6.54. The van der Waals surface area contributed by atoms with Crippen molar-refractivity contribution in [1.82, 2.24) is 4.98 Å². The summed E-state index contributed by atoms with van der Waals surface area (Å²) in [4.78, 5) is 16.2. The van der Waals surface area contributed by atoms with Crippen LogP contribution in [0.25, 0.3) is 0 Å². The van der Waals surface area contributed by atoms with Crippen LogP contribution < -0.4 is 5.32 Å². The summed E-state index contributed by atoms with van der Waals surface area (Å²) in [5, 5.41) is 3.38. The van der Waals surface area contributed by atoms with E-state index in [4.69, 9.17) is 4.74 Å². The summed E-state index contributed by atoms with van der Waals surface area (Å²) in [6.45, 7) is 5.59. The van der Waals surface area contributed by atoms with Gasteiger partial charge < -0.3 is 10.1 Å². The first-order valence-corrected chi connectivity index (χ1v) is 6.90. The van der Waals surface area contributed by atoms with Gasteiger partial charge in [-0.1, -0.05) is 12.8 Å². The van der Waals surface area contributed by atoms with Crippen LogP contribution in [0.15, 0.2) is 18.3 Å². The van der Waals surface area contributed by atoms with E-state index in [1.807, 2.05) is 20.8 Å². The van der Waals surface area contributed by atoms with Crippen LogP contribution in [-0.2, 0) is 4.74 Å². The van der Waals surface area contributed by atoms with Crippen LogP contribution in [0.5, 0.6) is 0 Å². The summed E-state index contributed by atoms with van der Waals surface area (Å²) in [5.41, 5.74) is 0.0739. The van der Waals surface area contributed by atoms with Crippen molar-refractivity contribution in [3.63, 3.8) is 0 Å². The zero-order valence-electron chi connectivity index (χ0n) is 11.9. The number of hydrogen-bond acceptors (Lipinski definition) is 4. The first-order chi connectivity index (χ1) is 8.94. The molecule has 1 fully saturated rings. The van der Waals surface area contributed by atoms with Gasteiger partial charge in [-0.15, -0.1) is 0 Å². The smallest absolute Gasteiger partial charge is 0.338 e. The molecule has 1 N–H and O–H groups in total. The third kappa shape index (κ3) is 4.23. The van der Waals surface area contributed by atoms with Gasteiger partial charge in [-0.25, -0.2) is 9.78 Å². The molecule has 0 spiro atoms. The van der Waals surface area contributed by atoms with Gasteiger partial charge in [-0.3, -0.25) is 0 Å². The van der Waals surface area contributed by atoms with Crippen LogP contribution >= 0.6 is 0 Å². The van der Waals surface area contributed by atoms with E-state index in [0.717, 1.165) is 5.82 Å². The Morgan fingerprint density at radius 2 is 2.05 bits per heavy atom. The Kier molecular flexibility index (Phi) is 4.08. The second-order valence-corrected chi connectivity index (χ2v) is 6.06. The standard InChI is InChI=1S/C15H22N2O2/c1-15(2,3)19-14(18)11-8-9-16-13(10-11)17-12-6-4-5-7-12/h8-10,12H,4-7H2,1-3H3,(H,16,17). The maximum Gasteiger partial charge on any atom is 0.338 e. The quantitative estimate of drug-likeness (QED) is 0.848. The van der Waals surface area contributed by atoms with Crippen LogP contribution in [0.1, 0.15) is 56.8 Å². The van der Waals surface area contributed by atoms with Gasteiger partial charge in [0.15, 0.2) is 0 Å². The first kappa shape index (κ1) is 13.8. The molecule has 0 saturated heterocycles. The van der Waals surface area contributed by atoms with Crippen LogP contribution in [0.3, 0.4) is 0 Å². The lowest BCUT2D eigenvalue weighted by molar-refractivity contribution is 0.00694. The Labute approximate surface area is 114 Å². The fourth-order valence-electron chi connectivity index (χ4n) is 2.25. The molecule has 1 aromatic rings. The minimum atomic E-state index is -0.473. The van der Waals surface area contributed by atoms with Crippen LogP contribution in [-0.4, -0.2) is 22.6 Å². The fraction of sp³-hybridized carbons (Fsp3) is 0.600. The third-order valence-corrected chi connectivity index (χ3v) is 3.10. The normalized spacial score (nSPS) is 16.4. The van der Waals surface area contributed by atoms with E-state index in [1.165, 1.54) is 25.7 Å². The average Bonchev–Trinajstić information content (AvgIpc) is 2.80. The Balaban J connectivity index is 2.03. The van der Waals surface area contributed by atoms with Gasteiger partial charge >= 0.3 is 5.97 Å². The largest absolute Gasteiger partial charge is 0.456 e. The fourth-order valence-corrected chi connectivity index (χ4v) is 2.25. The minimum absolute atomic E-state index is 0.302. The molecule has 0 unspecified atom stereocenters. The topological polar surface area (TPSA) is 51.2 Å². The van der Waals surface area contributed by atoms with Crippen molar-refractivity contribution in [2.24, 2.45) is 0 Å². The SMILES string of the molecule is CC(C)(C)OC(=O)c1ccnc(NC2CCCC2)c1. The monoisotopic (exact) mass is 262 g/mol. The summed E-state index contributed by atoms with van der Waals surface area (Å²) in [6, 6.07) is 3.95. The van der Waals surface area contributed by atoms with Crippen molar-refractivity contribution in [3.05, 3.63) is 23.9 Å². The van der Waals surface area contributed by atoms with Crippen molar-refractivity contribution in [2.45, 2.75) is 58.1 Å². The predicted molar refractivity (Wildman–Crippen MR) is 75.3 cm³/mol. The minimum Gasteiger partial charge on any atom is -0.456 e. The van der Waals surface area contributed by atoms with E-state index in [-0.39, 0.29) is 5.97 Å². The lowest BCUT2D eigenvalue weighted by Gasteiger charge is -2.20. The molecular weight excluding hydrogens is 240 g/mol. The first-order valence-electron chi connectivity index (χ1n) is 6.90. The maximum absolute atomic E-state index is 12.0. The maximum atomic E-state index is 12.0. The van der Waals surface area contributed by atoms with Gasteiger partial charge in [0.2, 0.25) is 0 Å². The van der Waals surface area contributed by atoms with Gasteiger partial charge in [0.05, 0.1) is 5.56 Å². The van der Waals surface area contributed by atoms with Crippen molar-refractivity contribution >= 4 is 11.8 Å². The number of carbonyl (C=O) groups is 1. The van der Waals surface area contributed by atoms with Crippen LogP contribution in [0, 0.1) is 0 Å². The number of nitrogens with one attached hydrogen (secondary N) is 1. The van der Waals surface area contributed by atoms with E-state index in [1.54, 1.807) is 18.3 Å². The molecule has 1 aromatic heterocycles. The molecule has 0 amide bonds. The van der Waals surface area contributed by atoms with Crippen molar-refractivity contribution in [2.75, 3.05) is 5.32 Å². The highest BCUT2D eigenvalue weighted by Gasteiger charge is 2.19. The molecule has 0 aromatic carbocycles. The number of esters is 1. The van der Waals surface area contributed by atoms with Crippen LogP contribution in [0.4, 0.5) is 5.82 Å². The Bertz CT molecular complexity index is 446. The number of nitrogens with zero attached hydrogens (tertiary/aromatic N) is 1. The zero-order valence-corrected chi connectivity index (χ0v) is 11.9.